The average Bonchev–Trinajstić information content (AvgIpc) is 2.02. The molecule has 1 aromatic rings. The van der Waals surface area contributed by atoms with Gasteiger partial charge in [0, 0.05) is 5.41 Å². The molecule has 0 atom stereocenters. The minimum atomic E-state index is -0.181. The van der Waals surface area contributed by atoms with Crippen molar-refractivity contribution in [1.82, 2.24) is 0 Å². The number of halogens is 1. The fraction of sp³-hybridized carbons (Fsp3) is 0.455. The third kappa shape index (κ3) is 1.46. The maximum absolute atomic E-state index is 12.9. The van der Waals surface area contributed by atoms with Crippen molar-refractivity contribution >= 4 is 0 Å². The van der Waals surface area contributed by atoms with E-state index in [0.717, 1.165) is 5.56 Å². The number of ether oxygens (including phenoxy) is 1. The SMILES string of the molecule is CC1(C)COCc2cc(F)ccc21. The zero-order valence-electron chi connectivity index (χ0n) is 7.93. The van der Waals surface area contributed by atoms with E-state index >= 15 is 0 Å². The van der Waals surface area contributed by atoms with Crippen molar-refractivity contribution in [2.75, 3.05) is 6.61 Å². The monoisotopic (exact) mass is 180 g/mol. The van der Waals surface area contributed by atoms with Gasteiger partial charge >= 0.3 is 0 Å². The molecule has 0 aromatic heterocycles. The predicted octanol–water partition coefficient (Wildman–Crippen LogP) is 2.63. The van der Waals surface area contributed by atoms with E-state index < -0.39 is 0 Å². The molecule has 0 aliphatic carbocycles. The molecule has 0 fully saturated rings. The van der Waals surface area contributed by atoms with Crippen molar-refractivity contribution in [3.63, 3.8) is 0 Å². The van der Waals surface area contributed by atoms with E-state index in [4.69, 9.17) is 4.74 Å². The van der Waals surface area contributed by atoms with Crippen LogP contribution in [-0.4, -0.2) is 6.61 Å². The molecule has 13 heavy (non-hydrogen) atoms. The minimum absolute atomic E-state index is 0.0152. The predicted molar refractivity (Wildman–Crippen MR) is 49.1 cm³/mol. The molecule has 0 amide bonds. The summed E-state index contributed by atoms with van der Waals surface area (Å²) in [6.45, 7) is 5.48. The van der Waals surface area contributed by atoms with Crippen LogP contribution in [0, 0.1) is 5.82 Å². The van der Waals surface area contributed by atoms with Crippen LogP contribution in [-0.2, 0) is 16.8 Å². The second-order valence-corrected chi connectivity index (χ2v) is 4.18. The highest BCUT2D eigenvalue weighted by Gasteiger charge is 2.27. The molecule has 0 spiro atoms. The highest BCUT2D eigenvalue weighted by molar-refractivity contribution is 5.35. The average molecular weight is 180 g/mol. The number of fused-ring (bicyclic) bond motifs is 1. The highest BCUT2D eigenvalue weighted by Crippen LogP contribution is 2.31. The van der Waals surface area contributed by atoms with Gasteiger partial charge in [0.15, 0.2) is 0 Å². The molecule has 70 valence electrons. The zero-order valence-corrected chi connectivity index (χ0v) is 7.93. The Balaban J connectivity index is 2.53. The molecule has 1 heterocycles. The largest absolute Gasteiger partial charge is 0.376 e. The first kappa shape index (κ1) is 8.70. The molecule has 0 saturated heterocycles. The highest BCUT2D eigenvalue weighted by atomic mass is 19.1. The minimum Gasteiger partial charge on any atom is -0.376 e. The van der Waals surface area contributed by atoms with Crippen LogP contribution in [0.2, 0.25) is 0 Å². The molecule has 0 unspecified atom stereocenters. The van der Waals surface area contributed by atoms with Gasteiger partial charge in [-0.3, -0.25) is 0 Å². The van der Waals surface area contributed by atoms with Gasteiger partial charge in [-0.2, -0.15) is 0 Å². The summed E-state index contributed by atoms with van der Waals surface area (Å²) in [4.78, 5) is 0. The summed E-state index contributed by atoms with van der Waals surface area (Å²) < 4.78 is 18.3. The molecule has 1 aromatic carbocycles. The quantitative estimate of drug-likeness (QED) is 0.596. The lowest BCUT2D eigenvalue weighted by Crippen LogP contribution is -2.30. The van der Waals surface area contributed by atoms with Gasteiger partial charge in [-0.25, -0.2) is 4.39 Å². The Bertz CT molecular complexity index is 331. The van der Waals surface area contributed by atoms with Crippen molar-refractivity contribution < 1.29 is 9.13 Å². The molecular weight excluding hydrogens is 167 g/mol. The molecular formula is C11H13FO. The molecule has 0 saturated carbocycles. The Hall–Kier alpha value is -0.890. The third-order valence-corrected chi connectivity index (χ3v) is 2.52. The van der Waals surface area contributed by atoms with Crippen molar-refractivity contribution in [2.24, 2.45) is 0 Å². The lowest BCUT2D eigenvalue weighted by molar-refractivity contribution is 0.0639. The van der Waals surface area contributed by atoms with Gasteiger partial charge < -0.3 is 4.74 Å². The Morgan fingerprint density at radius 1 is 1.38 bits per heavy atom. The molecule has 0 bridgehead atoms. The van der Waals surface area contributed by atoms with E-state index in [1.165, 1.54) is 11.6 Å². The van der Waals surface area contributed by atoms with Crippen LogP contribution in [0.15, 0.2) is 18.2 Å². The van der Waals surface area contributed by atoms with E-state index in [1.807, 2.05) is 6.07 Å². The standard InChI is InChI=1S/C11H13FO/c1-11(2)7-13-6-8-5-9(12)3-4-10(8)11/h3-5H,6-7H2,1-2H3. The summed E-state index contributed by atoms with van der Waals surface area (Å²) in [5.74, 6) is -0.181. The fourth-order valence-electron chi connectivity index (χ4n) is 1.84. The van der Waals surface area contributed by atoms with Gasteiger partial charge in [-0.1, -0.05) is 19.9 Å². The summed E-state index contributed by atoms with van der Waals surface area (Å²) in [5, 5.41) is 0. The van der Waals surface area contributed by atoms with E-state index in [9.17, 15) is 4.39 Å². The summed E-state index contributed by atoms with van der Waals surface area (Å²) in [6.07, 6.45) is 0. The molecule has 0 radical (unpaired) electrons. The number of rotatable bonds is 0. The van der Waals surface area contributed by atoms with Gasteiger partial charge in [0.1, 0.15) is 5.82 Å². The molecule has 1 aliphatic heterocycles. The number of hydrogen-bond donors (Lipinski definition) is 0. The normalized spacial score (nSPS) is 19.6. The molecule has 1 nitrogen and oxygen atoms in total. The Morgan fingerprint density at radius 3 is 2.92 bits per heavy atom. The van der Waals surface area contributed by atoms with Crippen LogP contribution >= 0.6 is 0 Å². The van der Waals surface area contributed by atoms with Crippen molar-refractivity contribution in [2.45, 2.75) is 25.9 Å². The van der Waals surface area contributed by atoms with E-state index in [2.05, 4.69) is 13.8 Å². The Morgan fingerprint density at radius 2 is 2.15 bits per heavy atom. The van der Waals surface area contributed by atoms with E-state index in [0.29, 0.717) is 13.2 Å². The lowest BCUT2D eigenvalue weighted by atomic mass is 9.81. The molecule has 2 heteroatoms. The lowest BCUT2D eigenvalue weighted by Gasteiger charge is -2.32. The first-order valence-corrected chi connectivity index (χ1v) is 4.46. The van der Waals surface area contributed by atoms with E-state index in [-0.39, 0.29) is 11.2 Å². The Kier molecular flexibility index (Phi) is 1.88. The van der Waals surface area contributed by atoms with Gasteiger partial charge in [-0.05, 0) is 23.3 Å². The second-order valence-electron chi connectivity index (χ2n) is 4.18. The molecule has 2 rings (SSSR count). The second kappa shape index (κ2) is 2.81. The third-order valence-electron chi connectivity index (χ3n) is 2.52. The van der Waals surface area contributed by atoms with Crippen LogP contribution in [0.5, 0.6) is 0 Å². The summed E-state index contributed by atoms with van der Waals surface area (Å²) >= 11 is 0. The summed E-state index contributed by atoms with van der Waals surface area (Å²) in [7, 11) is 0. The van der Waals surface area contributed by atoms with Crippen molar-refractivity contribution in [3.8, 4) is 0 Å². The van der Waals surface area contributed by atoms with Crippen molar-refractivity contribution in [3.05, 3.63) is 35.1 Å². The van der Waals surface area contributed by atoms with E-state index in [1.54, 1.807) is 6.07 Å². The fourth-order valence-corrected chi connectivity index (χ4v) is 1.84. The first-order chi connectivity index (χ1) is 6.09. The van der Waals surface area contributed by atoms with Gasteiger partial charge in [-0.15, -0.1) is 0 Å². The number of hydrogen-bond acceptors (Lipinski definition) is 1. The van der Waals surface area contributed by atoms with Crippen LogP contribution in [0.1, 0.15) is 25.0 Å². The van der Waals surface area contributed by atoms with Gasteiger partial charge in [0.05, 0.1) is 13.2 Å². The van der Waals surface area contributed by atoms with Gasteiger partial charge in [0.2, 0.25) is 0 Å². The smallest absolute Gasteiger partial charge is 0.123 e. The first-order valence-electron chi connectivity index (χ1n) is 4.46. The maximum Gasteiger partial charge on any atom is 0.123 e. The maximum atomic E-state index is 12.9. The van der Waals surface area contributed by atoms with Crippen LogP contribution < -0.4 is 0 Å². The summed E-state index contributed by atoms with van der Waals surface area (Å²) in [5.41, 5.74) is 2.21. The van der Waals surface area contributed by atoms with Crippen molar-refractivity contribution in [1.29, 1.82) is 0 Å². The van der Waals surface area contributed by atoms with Crippen LogP contribution in [0.3, 0.4) is 0 Å². The van der Waals surface area contributed by atoms with Crippen LogP contribution in [0.4, 0.5) is 4.39 Å². The Labute approximate surface area is 77.5 Å². The number of benzene rings is 1. The van der Waals surface area contributed by atoms with Gasteiger partial charge in [0.25, 0.3) is 0 Å². The molecule has 1 aliphatic rings. The van der Waals surface area contributed by atoms with Crippen LogP contribution in [0.25, 0.3) is 0 Å². The summed E-state index contributed by atoms with van der Waals surface area (Å²) in [6, 6.07) is 4.95. The molecule has 0 N–H and O–H groups in total. The topological polar surface area (TPSA) is 9.23 Å². The zero-order chi connectivity index (χ0) is 9.47.